The van der Waals surface area contributed by atoms with E-state index in [1.165, 1.54) is 0 Å². The minimum atomic E-state index is -4.64. The van der Waals surface area contributed by atoms with E-state index in [2.05, 4.69) is 0 Å². The summed E-state index contributed by atoms with van der Waals surface area (Å²) in [5.41, 5.74) is 0.715. The second kappa shape index (κ2) is 8.94. The first-order valence-electron chi connectivity index (χ1n) is 3.95. The number of hydrogen-bond donors (Lipinski definition) is 6. The SMILES string of the molecule is N#Cc1ccccc1.O=P(O)(O)O.O=P(O)(O)O. The molecule has 0 aliphatic rings. The molecule has 0 spiro atoms. The lowest BCUT2D eigenvalue weighted by molar-refractivity contribution is 0.272. The molecule has 0 unspecified atom stereocenters. The molecule has 0 heterocycles. The van der Waals surface area contributed by atoms with Gasteiger partial charge in [0, 0.05) is 0 Å². The highest BCUT2D eigenvalue weighted by Crippen LogP contribution is 2.26. The van der Waals surface area contributed by atoms with Crippen LogP contribution < -0.4 is 0 Å². The van der Waals surface area contributed by atoms with Crippen LogP contribution >= 0.6 is 15.6 Å². The first-order valence-corrected chi connectivity index (χ1v) is 7.08. The third kappa shape index (κ3) is 36.3. The van der Waals surface area contributed by atoms with Crippen LogP contribution in [0.3, 0.4) is 0 Å². The number of rotatable bonds is 0. The van der Waals surface area contributed by atoms with Gasteiger partial charge in [0.05, 0.1) is 11.6 Å². The first-order chi connectivity index (χ1) is 7.93. The van der Waals surface area contributed by atoms with Crippen LogP contribution in [-0.2, 0) is 9.13 Å². The lowest BCUT2D eigenvalue weighted by atomic mass is 10.2. The zero-order valence-corrected chi connectivity index (χ0v) is 10.5. The summed E-state index contributed by atoms with van der Waals surface area (Å²) < 4.78 is 17.8. The van der Waals surface area contributed by atoms with Gasteiger partial charge in [0.2, 0.25) is 0 Å². The molecule has 1 rings (SSSR count). The van der Waals surface area contributed by atoms with E-state index >= 15 is 0 Å². The molecule has 0 aliphatic carbocycles. The van der Waals surface area contributed by atoms with Crippen molar-refractivity contribution in [3.63, 3.8) is 0 Å². The van der Waals surface area contributed by atoms with Crippen molar-refractivity contribution in [3.05, 3.63) is 35.9 Å². The van der Waals surface area contributed by atoms with Crippen LogP contribution in [-0.4, -0.2) is 29.4 Å². The monoisotopic (exact) mass is 299 g/mol. The molecule has 0 aliphatic heterocycles. The molecule has 0 aromatic heterocycles. The maximum atomic E-state index is 8.88. The Hall–Kier alpha value is -1.07. The van der Waals surface area contributed by atoms with Crippen molar-refractivity contribution < 1.29 is 38.5 Å². The molecule has 11 heteroatoms. The molecule has 0 bridgehead atoms. The Labute approximate surface area is 102 Å². The van der Waals surface area contributed by atoms with E-state index < -0.39 is 15.6 Å². The van der Waals surface area contributed by atoms with E-state index in [9.17, 15) is 0 Å². The number of hydrogen-bond acceptors (Lipinski definition) is 3. The predicted octanol–water partition coefficient (Wildman–Crippen LogP) is -0.299. The van der Waals surface area contributed by atoms with Crippen LogP contribution in [0.4, 0.5) is 0 Å². The summed E-state index contributed by atoms with van der Waals surface area (Å²) in [6, 6.07) is 11.2. The molecule has 0 amide bonds. The summed E-state index contributed by atoms with van der Waals surface area (Å²) in [5.74, 6) is 0. The van der Waals surface area contributed by atoms with Crippen LogP contribution in [0, 0.1) is 11.3 Å². The zero-order valence-electron chi connectivity index (χ0n) is 8.73. The fourth-order valence-corrected chi connectivity index (χ4v) is 0.513. The van der Waals surface area contributed by atoms with Crippen molar-refractivity contribution in [2.24, 2.45) is 0 Å². The standard InChI is InChI=1S/C7H5N.2H3O4P/c8-6-7-4-2-1-3-5-7;2*1-5(2,3)4/h1-5H;2*(H3,1,2,3,4). The molecule has 102 valence electrons. The van der Waals surface area contributed by atoms with E-state index in [0.29, 0.717) is 5.56 Å². The van der Waals surface area contributed by atoms with E-state index in [0.717, 1.165) is 0 Å². The summed E-state index contributed by atoms with van der Waals surface area (Å²) in [4.78, 5) is 43.1. The molecule has 0 radical (unpaired) electrons. The smallest absolute Gasteiger partial charge is 0.303 e. The number of phosphoric acid groups is 2. The van der Waals surface area contributed by atoms with Gasteiger partial charge in [-0.3, -0.25) is 0 Å². The Bertz CT molecular complexity index is 422. The van der Waals surface area contributed by atoms with E-state index in [4.69, 9.17) is 43.8 Å². The van der Waals surface area contributed by atoms with Gasteiger partial charge in [-0.15, -0.1) is 0 Å². The summed E-state index contributed by atoms with van der Waals surface area (Å²) in [6.07, 6.45) is 0. The number of nitriles is 1. The lowest BCUT2D eigenvalue weighted by Gasteiger charge is -1.82. The summed E-state index contributed by atoms with van der Waals surface area (Å²) >= 11 is 0. The van der Waals surface area contributed by atoms with Gasteiger partial charge < -0.3 is 29.4 Å². The third-order valence-corrected chi connectivity index (χ3v) is 0.903. The van der Waals surface area contributed by atoms with Gasteiger partial charge in [0.15, 0.2) is 0 Å². The van der Waals surface area contributed by atoms with Gasteiger partial charge in [0.25, 0.3) is 0 Å². The average Bonchev–Trinajstić information content (AvgIpc) is 2.14. The highest BCUT2D eigenvalue weighted by atomic mass is 31.2. The van der Waals surface area contributed by atoms with Crippen LogP contribution in [0.5, 0.6) is 0 Å². The van der Waals surface area contributed by atoms with Gasteiger partial charge in [0.1, 0.15) is 0 Å². The maximum Gasteiger partial charge on any atom is 0.466 e. The Morgan fingerprint density at radius 2 is 1.11 bits per heavy atom. The molecule has 0 atom stereocenters. The van der Waals surface area contributed by atoms with Crippen molar-refractivity contribution in [1.29, 1.82) is 5.26 Å². The molecule has 9 nitrogen and oxygen atoms in total. The van der Waals surface area contributed by atoms with Gasteiger partial charge in [-0.1, -0.05) is 18.2 Å². The van der Waals surface area contributed by atoms with Crippen molar-refractivity contribution in [1.82, 2.24) is 0 Å². The molecule has 0 saturated carbocycles. The molecular formula is C7H11NO8P2. The van der Waals surface area contributed by atoms with Crippen molar-refractivity contribution in [3.8, 4) is 6.07 Å². The Morgan fingerprint density at radius 3 is 1.28 bits per heavy atom. The van der Waals surface area contributed by atoms with Crippen LogP contribution in [0.15, 0.2) is 30.3 Å². The van der Waals surface area contributed by atoms with E-state index in [-0.39, 0.29) is 0 Å². The zero-order chi connectivity index (χ0) is 14.8. The normalized spacial score (nSPS) is 10.1. The van der Waals surface area contributed by atoms with E-state index in [1.54, 1.807) is 12.1 Å². The van der Waals surface area contributed by atoms with Crippen LogP contribution in [0.25, 0.3) is 0 Å². The molecule has 1 aromatic rings. The fourth-order valence-electron chi connectivity index (χ4n) is 0.513. The molecule has 18 heavy (non-hydrogen) atoms. The highest BCUT2D eigenvalue weighted by Gasteiger charge is 2.00. The van der Waals surface area contributed by atoms with Crippen LogP contribution in [0.2, 0.25) is 0 Å². The van der Waals surface area contributed by atoms with Crippen molar-refractivity contribution in [2.75, 3.05) is 0 Å². The molecular weight excluding hydrogens is 288 g/mol. The largest absolute Gasteiger partial charge is 0.466 e. The van der Waals surface area contributed by atoms with Crippen molar-refractivity contribution in [2.45, 2.75) is 0 Å². The minimum Gasteiger partial charge on any atom is -0.303 e. The highest BCUT2D eigenvalue weighted by molar-refractivity contribution is 7.45. The summed E-state index contributed by atoms with van der Waals surface area (Å²) in [5, 5.41) is 8.29. The Kier molecular flexibility index (Phi) is 9.57. The van der Waals surface area contributed by atoms with E-state index in [1.807, 2.05) is 24.3 Å². The molecule has 6 N–H and O–H groups in total. The van der Waals surface area contributed by atoms with Gasteiger partial charge in [-0.2, -0.15) is 5.26 Å². The summed E-state index contributed by atoms with van der Waals surface area (Å²) in [6.45, 7) is 0. The molecule has 1 aromatic carbocycles. The Morgan fingerprint density at radius 1 is 0.833 bits per heavy atom. The predicted molar refractivity (Wildman–Crippen MR) is 59.7 cm³/mol. The quantitative estimate of drug-likeness (QED) is 0.350. The second-order valence-electron chi connectivity index (χ2n) is 2.50. The Balaban J connectivity index is 0. The van der Waals surface area contributed by atoms with Crippen LogP contribution in [0.1, 0.15) is 5.56 Å². The minimum absolute atomic E-state index is 0.715. The molecule has 0 fully saturated rings. The average molecular weight is 299 g/mol. The lowest BCUT2D eigenvalue weighted by Crippen LogP contribution is -1.66. The topological polar surface area (TPSA) is 179 Å². The second-order valence-corrected chi connectivity index (χ2v) is 4.56. The number of benzene rings is 1. The third-order valence-electron chi connectivity index (χ3n) is 0.903. The van der Waals surface area contributed by atoms with Gasteiger partial charge >= 0.3 is 15.6 Å². The maximum absolute atomic E-state index is 8.88. The fraction of sp³-hybridized carbons (Fsp3) is 0. The number of nitrogens with zero attached hydrogens (tertiary/aromatic N) is 1. The van der Waals surface area contributed by atoms with Gasteiger partial charge in [-0.25, -0.2) is 9.13 Å². The first kappa shape index (κ1) is 19.3. The van der Waals surface area contributed by atoms with Crippen molar-refractivity contribution >= 4 is 15.6 Å². The molecule has 0 saturated heterocycles. The summed E-state index contributed by atoms with van der Waals surface area (Å²) in [7, 11) is -9.28. The van der Waals surface area contributed by atoms with Gasteiger partial charge in [-0.05, 0) is 12.1 Å².